The molecular weight excluding hydrogens is 492 g/mol. The van der Waals surface area contributed by atoms with Crippen molar-refractivity contribution in [3.8, 4) is 28.1 Å². The Bertz CT molecular complexity index is 1450. The maximum Gasteiger partial charge on any atom is 0.407 e. The molecule has 0 bridgehead atoms. The van der Waals surface area contributed by atoms with Gasteiger partial charge in [-0.05, 0) is 64.1 Å². The second-order valence-corrected chi connectivity index (χ2v) is 9.49. The van der Waals surface area contributed by atoms with Crippen molar-refractivity contribution in [1.82, 2.24) is 10.3 Å². The molecule has 0 spiro atoms. The quantitative estimate of drug-likeness (QED) is 0.286. The summed E-state index contributed by atoms with van der Waals surface area (Å²) in [5, 5.41) is 12.3. The molecule has 198 valence electrons. The van der Waals surface area contributed by atoms with Gasteiger partial charge in [0.2, 0.25) is 0 Å². The summed E-state index contributed by atoms with van der Waals surface area (Å²) >= 11 is 0. The molecule has 39 heavy (non-hydrogen) atoms. The van der Waals surface area contributed by atoms with Gasteiger partial charge in [-0.3, -0.25) is 4.98 Å². The molecule has 7 heteroatoms. The highest BCUT2D eigenvalue weighted by Gasteiger charge is 2.29. The molecule has 2 N–H and O–H groups in total. The number of nitrogens with one attached hydrogen (secondary N) is 1. The highest BCUT2D eigenvalue weighted by Crippen LogP contribution is 2.44. The van der Waals surface area contributed by atoms with E-state index >= 15 is 0 Å². The van der Waals surface area contributed by atoms with Crippen LogP contribution in [0.1, 0.15) is 35.1 Å². The zero-order chi connectivity index (χ0) is 27.4. The number of benzene rings is 3. The van der Waals surface area contributed by atoms with Gasteiger partial charge in [-0.1, -0.05) is 61.5 Å². The summed E-state index contributed by atoms with van der Waals surface area (Å²) in [5.74, 6) is -0.457. The van der Waals surface area contributed by atoms with Gasteiger partial charge in [-0.2, -0.15) is 0 Å². The van der Waals surface area contributed by atoms with Gasteiger partial charge >= 0.3 is 12.1 Å². The third-order valence-corrected chi connectivity index (χ3v) is 7.17. The van der Waals surface area contributed by atoms with E-state index in [4.69, 9.17) is 9.47 Å². The van der Waals surface area contributed by atoms with E-state index in [2.05, 4.69) is 29.4 Å². The van der Waals surface area contributed by atoms with E-state index in [-0.39, 0.29) is 18.9 Å². The van der Waals surface area contributed by atoms with E-state index in [0.717, 1.165) is 51.2 Å². The Kier molecular flexibility index (Phi) is 7.59. The highest BCUT2D eigenvalue weighted by atomic mass is 16.5. The van der Waals surface area contributed by atoms with Gasteiger partial charge in [0.05, 0.1) is 12.8 Å². The second kappa shape index (κ2) is 11.4. The lowest BCUT2D eigenvalue weighted by atomic mass is 9.98. The number of pyridine rings is 1. The summed E-state index contributed by atoms with van der Waals surface area (Å²) in [6.07, 6.45) is 1.78. The van der Waals surface area contributed by atoms with Crippen LogP contribution in [0.3, 0.4) is 0 Å². The molecule has 3 aromatic carbocycles. The van der Waals surface area contributed by atoms with Crippen molar-refractivity contribution < 1.29 is 24.2 Å². The van der Waals surface area contributed by atoms with Crippen LogP contribution < -0.4 is 10.1 Å². The minimum Gasteiger partial charge on any atom is -0.497 e. The molecule has 0 aliphatic heterocycles. The number of methoxy groups -OCH3 is 1. The molecule has 0 saturated carbocycles. The van der Waals surface area contributed by atoms with Crippen molar-refractivity contribution in [3.63, 3.8) is 0 Å². The number of hydrogen-bond donors (Lipinski definition) is 2. The van der Waals surface area contributed by atoms with Crippen molar-refractivity contribution >= 4 is 12.1 Å². The topological polar surface area (TPSA) is 97.8 Å². The SMILES string of the molecule is CCc1cc(OC)ccc1-c1ccc(C[C@@H](NC(=O)OCC2c3ccccc3-c3ccccc32)C(=O)O)cn1. The Balaban J connectivity index is 1.23. The molecule has 5 rings (SSSR count). The van der Waals surface area contributed by atoms with Crippen LogP contribution >= 0.6 is 0 Å². The Labute approximate surface area is 227 Å². The Hall–Kier alpha value is -4.65. The van der Waals surface area contributed by atoms with Crippen LogP contribution in [0.4, 0.5) is 4.79 Å². The normalized spacial score (nSPS) is 12.8. The molecule has 0 radical (unpaired) electrons. The maximum atomic E-state index is 12.7. The molecule has 1 aromatic heterocycles. The first-order chi connectivity index (χ1) is 19.0. The third-order valence-electron chi connectivity index (χ3n) is 7.17. The largest absolute Gasteiger partial charge is 0.497 e. The fourth-order valence-electron chi connectivity index (χ4n) is 5.16. The Morgan fingerprint density at radius 3 is 2.23 bits per heavy atom. The molecule has 0 fully saturated rings. The van der Waals surface area contributed by atoms with Crippen molar-refractivity contribution in [2.24, 2.45) is 0 Å². The predicted molar refractivity (Wildman–Crippen MR) is 149 cm³/mol. The van der Waals surface area contributed by atoms with Crippen LogP contribution in [0, 0.1) is 0 Å². The first kappa shape index (κ1) is 26.0. The molecule has 1 heterocycles. The number of fused-ring (bicyclic) bond motifs is 3. The predicted octanol–water partition coefficient (Wildman–Crippen LogP) is 5.85. The molecule has 1 atom stereocenters. The summed E-state index contributed by atoms with van der Waals surface area (Å²) in [5.41, 5.74) is 8.02. The van der Waals surface area contributed by atoms with Gasteiger partial charge in [0.1, 0.15) is 18.4 Å². The number of aliphatic carboxylic acids is 1. The summed E-state index contributed by atoms with van der Waals surface area (Å²) in [7, 11) is 1.64. The average Bonchev–Trinajstić information content (AvgIpc) is 3.29. The molecule has 7 nitrogen and oxygen atoms in total. The zero-order valence-electron chi connectivity index (χ0n) is 21.9. The van der Waals surface area contributed by atoms with E-state index in [0.29, 0.717) is 5.56 Å². The summed E-state index contributed by atoms with van der Waals surface area (Å²) < 4.78 is 10.9. The number of ether oxygens (including phenoxy) is 2. The van der Waals surface area contributed by atoms with E-state index in [1.807, 2.05) is 66.7 Å². The van der Waals surface area contributed by atoms with Gasteiger partial charge in [-0.25, -0.2) is 9.59 Å². The van der Waals surface area contributed by atoms with Gasteiger partial charge in [0.15, 0.2) is 0 Å². The summed E-state index contributed by atoms with van der Waals surface area (Å²) in [6, 6.07) is 24.5. The second-order valence-electron chi connectivity index (χ2n) is 9.49. The molecule has 1 aliphatic rings. The zero-order valence-corrected chi connectivity index (χ0v) is 21.9. The third kappa shape index (κ3) is 5.48. The number of rotatable bonds is 9. The molecule has 0 unspecified atom stereocenters. The summed E-state index contributed by atoms with van der Waals surface area (Å²) in [6.45, 7) is 2.18. The monoisotopic (exact) mass is 522 g/mol. The number of carbonyl (C=O) groups excluding carboxylic acids is 1. The minimum absolute atomic E-state index is 0.0794. The number of alkyl carbamates (subject to hydrolysis) is 1. The lowest BCUT2D eigenvalue weighted by molar-refractivity contribution is -0.139. The smallest absolute Gasteiger partial charge is 0.407 e. The van der Waals surface area contributed by atoms with E-state index < -0.39 is 18.1 Å². The number of aromatic nitrogens is 1. The van der Waals surface area contributed by atoms with Crippen LogP contribution in [0.5, 0.6) is 5.75 Å². The minimum atomic E-state index is -1.15. The number of carboxylic acid groups (broad SMARTS) is 1. The Morgan fingerprint density at radius 1 is 0.949 bits per heavy atom. The molecule has 0 saturated heterocycles. The lowest BCUT2D eigenvalue weighted by Gasteiger charge is -2.17. The average molecular weight is 523 g/mol. The first-order valence-corrected chi connectivity index (χ1v) is 12.9. The van der Waals surface area contributed by atoms with Crippen LogP contribution in [0.25, 0.3) is 22.4 Å². The van der Waals surface area contributed by atoms with Crippen molar-refractivity contribution in [1.29, 1.82) is 0 Å². The van der Waals surface area contributed by atoms with Gasteiger partial charge in [-0.15, -0.1) is 0 Å². The number of nitrogens with zero attached hydrogens (tertiary/aromatic N) is 1. The van der Waals surface area contributed by atoms with E-state index in [9.17, 15) is 14.7 Å². The number of carbonyl (C=O) groups is 2. The van der Waals surface area contributed by atoms with Crippen LogP contribution in [0.15, 0.2) is 85.1 Å². The van der Waals surface area contributed by atoms with Gasteiger partial charge < -0.3 is 19.9 Å². The van der Waals surface area contributed by atoms with Gasteiger partial charge in [0, 0.05) is 24.1 Å². The number of aryl methyl sites for hydroxylation is 1. The first-order valence-electron chi connectivity index (χ1n) is 12.9. The fourth-order valence-corrected chi connectivity index (χ4v) is 5.16. The summed E-state index contributed by atoms with van der Waals surface area (Å²) in [4.78, 5) is 29.2. The van der Waals surface area contributed by atoms with Crippen LogP contribution in [-0.4, -0.2) is 41.9 Å². The lowest BCUT2D eigenvalue weighted by Crippen LogP contribution is -2.42. The number of amides is 1. The van der Waals surface area contributed by atoms with Crippen molar-refractivity contribution in [2.75, 3.05) is 13.7 Å². The van der Waals surface area contributed by atoms with Gasteiger partial charge in [0.25, 0.3) is 0 Å². The number of hydrogen-bond acceptors (Lipinski definition) is 5. The van der Waals surface area contributed by atoms with Crippen molar-refractivity contribution in [2.45, 2.75) is 31.7 Å². The van der Waals surface area contributed by atoms with E-state index in [1.165, 1.54) is 0 Å². The molecule has 1 aliphatic carbocycles. The van der Waals surface area contributed by atoms with Crippen molar-refractivity contribution in [3.05, 3.63) is 107 Å². The molecular formula is C32H30N2O5. The number of carboxylic acids is 1. The maximum absolute atomic E-state index is 12.7. The standard InChI is InChI=1S/C32H30N2O5/c1-3-21-17-22(38-2)13-14-23(21)29-15-12-20(18-33-29)16-30(31(35)36)34-32(37)39-19-28-26-10-6-4-8-24(26)25-9-5-7-11-27(25)28/h4-15,17-18,28,30H,3,16,19H2,1-2H3,(H,34,37)(H,35,36)/t30-/m1/s1. The van der Waals surface area contributed by atoms with E-state index in [1.54, 1.807) is 13.3 Å². The Morgan fingerprint density at radius 2 is 1.64 bits per heavy atom. The molecule has 4 aromatic rings. The fraction of sp³-hybridized carbons (Fsp3) is 0.219. The van der Waals surface area contributed by atoms with Crippen LogP contribution in [-0.2, 0) is 22.4 Å². The van der Waals surface area contributed by atoms with Crippen LogP contribution in [0.2, 0.25) is 0 Å². The highest BCUT2D eigenvalue weighted by molar-refractivity contribution is 5.81. The molecule has 1 amide bonds.